The summed E-state index contributed by atoms with van der Waals surface area (Å²) in [5.74, 6) is 1.89. The van der Waals surface area contributed by atoms with Crippen molar-refractivity contribution in [1.82, 2.24) is 4.90 Å². The lowest BCUT2D eigenvalue weighted by Crippen LogP contribution is -2.29. The summed E-state index contributed by atoms with van der Waals surface area (Å²) in [6, 6.07) is 12.9. The van der Waals surface area contributed by atoms with E-state index in [0.717, 1.165) is 11.3 Å². The second-order valence-corrected chi connectivity index (χ2v) is 6.40. The second-order valence-electron chi connectivity index (χ2n) is 6.40. The number of hydrogen-bond donors (Lipinski definition) is 0. The van der Waals surface area contributed by atoms with Crippen LogP contribution in [0.1, 0.15) is 42.7 Å². The van der Waals surface area contributed by atoms with Crippen LogP contribution in [0, 0.1) is 0 Å². The molecule has 1 unspecified atom stereocenters. The van der Waals surface area contributed by atoms with Crippen molar-refractivity contribution >= 4 is 5.91 Å². The molecule has 2 aromatic carbocycles. The van der Waals surface area contributed by atoms with Gasteiger partial charge in [-0.15, -0.1) is 0 Å². The number of carbonyl (C=O) groups is 1. The molecule has 0 fully saturated rings. The van der Waals surface area contributed by atoms with Gasteiger partial charge in [0.2, 0.25) is 0 Å². The van der Waals surface area contributed by atoms with Crippen molar-refractivity contribution in [2.45, 2.75) is 32.9 Å². The summed E-state index contributed by atoms with van der Waals surface area (Å²) in [6.45, 7) is 5.89. The van der Waals surface area contributed by atoms with Crippen LogP contribution < -0.4 is 14.2 Å². The molecule has 1 atom stereocenters. The molecule has 0 aromatic heterocycles. The predicted octanol–water partition coefficient (Wildman–Crippen LogP) is 4.32. The Morgan fingerprint density at radius 1 is 0.923 bits per heavy atom. The van der Waals surface area contributed by atoms with Crippen molar-refractivity contribution in [3.05, 3.63) is 53.6 Å². The number of nitrogens with zero attached hydrogens (tertiary/aromatic N) is 1. The van der Waals surface area contributed by atoms with E-state index in [0.29, 0.717) is 17.1 Å². The minimum absolute atomic E-state index is 0.0308. The Labute approximate surface area is 155 Å². The van der Waals surface area contributed by atoms with Crippen LogP contribution in [0.3, 0.4) is 0 Å². The third kappa shape index (κ3) is 4.48. The van der Waals surface area contributed by atoms with E-state index in [1.165, 1.54) is 0 Å². The summed E-state index contributed by atoms with van der Waals surface area (Å²) in [7, 11) is 5.00. The fourth-order valence-corrected chi connectivity index (χ4v) is 2.64. The Hall–Kier alpha value is -2.69. The zero-order valence-electron chi connectivity index (χ0n) is 16.3. The van der Waals surface area contributed by atoms with Crippen LogP contribution in [0.15, 0.2) is 42.5 Å². The molecule has 0 saturated heterocycles. The van der Waals surface area contributed by atoms with E-state index in [4.69, 9.17) is 14.2 Å². The van der Waals surface area contributed by atoms with Gasteiger partial charge >= 0.3 is 0 Å². The molecule has 0 aliphatic rings. The zero-order valence-corrected chi connectivity index (χ0v) is 16.3. The third-order valence-electron chi connectivity index (χ3n) is 4.27. The maximum Gasteiger partial charge on any atom is 0.254 e. The molecule has 0 N–H and O–H groups in total. The molecular weight excluding hydrogens is 330 g/mol. The molecule has 140 valence electrons. The fraction of sp³-hybridized carbons (Fsp3) is 0.381. The molecule has 0 heterocycles. The molecule has 2 aromatic rings. The molecule has 0 aliphatic heterocycles. The average Bonchev–Trinajstić information content (AvgIpc) is 2.66. The van der Waals surface area contributed by atoms with Crippen LogP contribution >= 0.6 is 0 Å². The molecule has 0 spiro atoms. The summed E-state index contributed by atoms with van der Waals surface area (Å²) >= 11 is 0. The second kappa shape index (κ2) is 8.61. The quantitative estimate of drug-likeness (QED) is 0.740. The molecular formula is C21H27NO4. The maximum absolute atomic E-state index is 12.9. The molecule has 0 bridgehead atoms. The van der Waals surface area contributed by atoms with Gasteiger partial charge in [0.15, 0.2) is 11.5 Å². The van der Waals surface area contributed by atoms with Gasteiger partial charge in [-0.25, -0.2) is 0 Å². The van der Waals surface area contributed by atoms with Crippen LogP contribution in [0.25, 0.3) is 0 Å². The highest BCUT2D eigenvalue weighted by atomic mass is 16.5. The Bertz CT molecular complexity index is 740. The average molecular weight is 357 g/mol. The van der Waals surface area contributed by atoms with Crippen LogP contribution in [-0.2, 0) is 0 Å². The standard InChI is InChI=1S/C21H27NO4/c1-14(2)26-19-12-9-17(13-20(19)25-6)21(23)22(4)15(3)16-7-10-18(24-5)11-8-16/h7-15H,1-6H3. The normalized spacial score (nSPS) is 11.8. The van der Waals surface area contributed by atoms with E-state index in [9.17, 15) is 4.79 Å². The summed E-state index contributed by atoms with van der Waals surface area (Å²) in [6.07, 6.45) is 0.0308. The van der Waals surface area contributed by atoms with Crippen molar-refractivity contribution in [2.75, 3.05) is 21.3 Å². The first-order valence-corrected chi connectivity index (χ1v) is 8.63. The van der Waals surface area contributed by atoms with Crippen molar-refractivity contribution in [2.24, 2.45) is 0 Å². The van der Waals surface area contributed by atoms with Gasteiger partial charge in [-0.05, 0) is 56.7 Å². The Kier molecular flexibility index (Phi) is 6.50. The van der Waals surface area contributed by atoms with E-state index in [1.54, 1.807) is 44.4 Å². The van der Waals surface area contributed by atoms with Gasteiger partial charge in [-0.1, -0.05) is 12.1 Å². The highest BCUT2D eigenvalue weighted by molar-refractivity contribution is 5.95. The van der Waals surface area contributed by atoms with Gasteiger partial charge in [0.05, 0.1) is 26.4 Å². The third-order valence-corrected chi connectivity index (χ3v) is 4.27. The minimum atomic E-state index is -0.0808. The number of methoxy groups -OCH3 is 2. The van der Waals surface area contributed by atoms with Crippen molar-refractivity contribution in [3.63, 3.8) is 0 Å². The smallest absolute Gasteiger partial charge is 0.254 e. The Morgan fingerprint density at radius 3 is 2.12 bits per heavy atom. The number of ether oxygens (including phenoxy) is 3. The molecule has 0 aliphatic carbocycles. The first-order chi connectivity index (χ1) is 12.4. The number of carbonyl (C=O) groups excluding carboxylic acids is 1. The lowest BCUT2D eigenvalue weighted by Gasteiger charge is -2.26. The zero-order chi connectivity index (χ0) is 19.3. The van der Waals surface area contributed by atoms with Gasteiger partial charge in [0, 0.05) is 12.6 Å². The van der Waals surface area contributed by atoms with Crippen LogP contribution in [0.4, 0.5) is 0 Å². The Morgan fingerprint density at radius 2 is 1.58 bits per heavy atom. The maximum atomic E-state index is 12.9. The van der Waals surface area contributed by atoms with Crippen LogP contribution in [-0.4, -0.2) is 38.2 Å². The van der Waals surface area contributed by atoms with Gasteiger partial charge < -0.3 is 19.1 Å². The van der Waals surface area contributed by atoms with E-state index in [-0.39, 0.29) is 18.1 Å². The summed E-state index contributed by atoms with van der Waals surface area (Å²) in [5.41, 5.74) is 1.59. The largest absolute Gasteiger partial charge is 0.497 e. The van der Waals surface area contributed by atoms with E-state index >= 15 is 0 Å². The van der Waals surface area contributed by atoms with E-state index in [2.05, 4.69) is 0 Å². The Balaban J connectivity index is 2.20. The van der Waals surface area contributed by atoms with Crippen molar-refractivity contribution in [1.29, 1.82) is 0 Å². The van der Waals surface area contributed by atoms with Gasteiger partial charge in [-0.2, -0.15) is 0 Å². The van der Waals surface area contributed by atoms with Gasteiger partial charge in [0.1, 0.15) is 5.75 Å². The van der Waals surface area contributed by atoms with Gasteiger partial charge in [0.25, 0.3) is 5.91 Å². The summed E-state index contributed by atoms with van der Waals surface area (Å²) < 4.78 is 16.3. The van der Waals surface area contributed by atoms with Gasteiger partial charge in [-0.3, -0.25) is 4.79 Å². The van der Waals surface area contributed by atoms with Crippen molar-refractivity contribution < 1.29 is 19.0 Å². The van der Waals surface area contributed by atoms with Crippen LogP contribution in [0.2, 0.25) is 0 Å². The van der Waals surface area contributed by atoms with Crippen LogP contribution in [0.5, 0.6) is 17.2 Å². The molecule has 1 amide bonds. The van der Waals surface area contributed by atoms with E-state index in [1.807, 2.05) is 45.0 Å². The molecule has 0 radical (unpaired) electrons. The number of hydrogen-bond acceptors (Lipinski definition) is 4. The number of amides is 1. The minimum Gasteiger partial charge on any atom is -0.497 e. The molecule has 0 saturated carbocycles. The van der Waals surface area contributed by atoms with Crippen molar-refractivity contribution in [3.8, 4) is 17.2 Å². The van der Waals surface area contributed by atoms with E-state index < -0.39 is 0 Å². The molecule has 26 heavy (non-hydrogen) atoms. The fourth-order valence-electron chi connectivity index (χ4n) is 2.64. The topological polar surface area (TPSA) is 48.0 Å². The highest BCUT2D eigenvalue weighted by Crippen LogP contribution is 2.30. The first-order valence-electron chi connectivity index (χ1n) is 8.63. The number of rotatable bonds is 7. The first kappa shape index (κ1) is 19.6. The molecule has 5 nitrogen and oxygen atoms in total. The monoisotopic (exact) mass is 357 g/mol. The summed E-state index contributed by atoms with van der Waals surface area (Å²) in [5, 5.41) is 0. The summed E-state index contributed by atoms with van der Waals surface area (Å²) in [4.78, 5) is 14.6. The molecule has 5 heteroatoms. The SMILES string of the molecule is COc1ccc(C(C)N(C)C(=O)c2ccc(OC(C)C)c(OC)c2)cc1. The highest BCUT2D eigenvalue weighted by Gasteiger charge is 2.20. The molecule has 2 rings (SSSR count). The number of benzene rings is 2. The lowest BCUT2D eigenvalue weighted by atomic mass is 10.1. The predicted molar refractivity (Wildman–Crippen MR) is 102 cm³/mol. The lowest BCUT2D eigenvalue weighted by molar-refractivity contribution is 0.0742.